The van der Waals surface area contributed by atoms with Gasteiger partial charge in [-0.05, 0) is 12.8 Å². The number of unbranched alkanes of at least 4 members (excludes halogenated alkanes) is 1. The molecule has 0 aromatic carbocycles. The molecule has 0 aromatic heterocycles. The van der Waals surface area contributed by atoms with E-state index in [1.165, 1.54) is 0 Å². The van der Waals surface area contributed by atoms with Crippen molar-refractivity contribution in [2.24, 2.45) is 5.92 Å². The molecule has 0 aliphatic carbocycles. The minimum absolute atomic E-state index is 0.0274. The van der Waals surface area contributed by atoms with Gasteiger partial charge in [0, 0.05) is 32.7 Å². The number of ether oxygens (including phenoxy) is 1. The topological polar surface area (TPSA) is 61.9 Å². The van der Waals surface area contributed by atoms with Crippen molar-refractivity contribution in [3.8, 4) is 0 Å². The maximum absolute atomic E-state index is 12.5. The van der Waals surface area contributed by atoms with Crippen LogP contribution in [0.25, 0.3) is 0 Å². The molecule has 0 radical (unpaired) electrons. The highest BCUT2D eigenvalue weighted by Gasteiger charge is 2.43. The van der Waals surface area contributed by atoms with Crippen LogP contribution in [0.2, 0.25) is 0 Å². The zero-order valence-electron chi connectivity index (χ0n) is 14.0. The monoisotopic (exact) mass is 311 g/mol. The quantitative estimate of drug-likeness (QED) is 0.774. The first-order chi connectivity index (χ1) is 10.6. The van der Waals surface area contributed by atoms with Crippen LogP contribution in [-0.2, 0) is 9.53 Å². The number of amides is 3. The normalized spacial score (nSPS) is 25.9. The van der Waals surface area contributed by atoms with Gasteiger partial charge >= 0.3 is 6.03 Å². The van der Waals surface area contributed by atoms with Crippen LogP contribution < -0.4 is 5.32 Å². The number of likely N-dealkylation sites (tertiary alicyclic amines) is 1. The predicted molar refractivity (Wildman–Crippen MR) is 84.6 cm³/mol. The van der Waals surface area contributed by atoms with Crippen LogP contribution in [0.4, 0.5) is 4.79 Å². The van der Waals surface area contributed by atoms with E-state index in [0.29, 0.717) is 19.7 Å². The molecule has 2 aliphatic heterocycles. The van der Waals surface area contributed by atoms with Crippen molar-refractivity contribution < 1.29 is 14.3 Å². The second-order valence-electron chi connectivity index (χ2n) is 6.43. The lowest BCUT2D eigenvalue weighted by atomic mass is 9.96. The summed E-state index contributed by atoms with van der Waals surface area (Å²) in [6.07, 6.45) is 4.01. The van der Waals surface area contributed by atoms with Crippen LogP contribution in [-0.4, -0.2) is 67.2 Å². The molecule has 2 fully saturated rings. The van der Waals surface area contributed by atoms with Gasteiger partial charge in [0.05, 0.1) is 18.7 Å². The number of urea groups is 1. The highest BCUT2D eigenvalue weighted by atomic mass is 16.5. The number of rotatable bonds is 7. The zero-order valence-corrected chi connectivity index (χ0v) is 14.0. The molecule has 2 heterocycles. The van der Waals surface area contributed by atoms with Crippen LogP contribution in [0, 0.1) is 5.92 Å². The fourth-order valence-corrected chi connectivity index (χ4v) is 3.45. The maximum atomic E-state index is 12.5. The van der Waals surface area contributed by atoms with E-state index in [0.717, 1.165) is 32.2 Å². The van der Waals surface area contributed by atoms with E-state index in [9.17, 15) is 9.59 Å². The van der Waals surface area contributed by atoms with Crippen LogP contribution in [0.15, 0.2) is 0 Å². The Bertz CT molecular complexity index is 402. The molecule has 6 heteroatoms. The summed E-state index contributed by atoms with van der Waals surface area (Å²) >= 11 is 0. The SMILES string of the molecule is CCCC[C@H](C)C(=O)N1CC[C@@H]2[C@H](C1)NC(=O)N2CCOC. The molecule has 3 amide bonds. The minimum Gasteiger partial charge on any atom is -0.383 e. The Kier molecular flexibility index (Phi) is 6.06. The van der Waals surface area contributed by atoms with Crippen molar-refractivity contribution in [3.05, 3.63) is 0 Å². The molecule has 126 valence electrons. The molecule has 6 nitrogen and oxygen atoms in total. The van der Waals surface area contributed by atoms with Crippen molar-refractivity contribution >= 4 is 11.9 Å². The van der Waals surface area contributed by atoms with Crippen molar-refractivity contribution in [2.45, 2.75) is 51.6 Å². The molecule has 0 unspecified atom stereocenters. The Morgan fingerprint density at radius 3 is 2.95 bits per heavy atom. The molecule has 0 bridgehead atoms. The molecular weight excluding hydrogens is 282 g/mol. The van der Waals surface area contributed by atoms with E-state index in [1.807, 2.05) is 16.7 Å². The van der Waals surface area contributed by atoms with Gasteiger partial charge in [0.2, 0.25) is 5.91 Å². The second-order valence-corrected chi connectivity index (χ2v) is 6.43. The largest absolute Gasteiger partial charge is 0.383 e. The maximum Gasteiger partial charge on any atom is 0.318 e. The number of carbonyl (C=O) groups is 2. The summed E-state index contributed by atoms with van der Waals surface area (Å²) in [6.45, 7) is 6.70. The molecule has 2 aliphatic rings. The number of nitrogens with zero attached hydrogens (tertiary/aromatic N) is 2. The smallest absolute Gasteiger partial charge is 0.318 e. The van der Waals surface area contributed by atoms with Crippen molar-refractivity contribution in [1.29, 1.82) is 0 Å². The first kappa shape index (κ1) is 17.1. The van der Waals surface area contributed by atoms with E-state index in [1.54, 1.807) is 7.11 Å². The van der Waals surface area contributed by atoms with Crippen molar-refractivity contribution in [3.63, 3.8) is 0 Å². The van der Waals surface area contributed by atoms with Crippen molar-refractivity contribution in [2.75, 3.05) is 33.4 Å². The lowest BCUT2D eigenvalue weighted by Gasteiger charge is -2.37. The third-order valence-electron chi connectivity index (χ3n) is 4.81. The van der Waals surface area contributed by atoms with Gasteiger partial charge in [0.15, 0.2) is 0 Å². The summed E-state index contributed by atoms with van der Waals surface area (Å²) in [5.74, 6) is 0.315. The van der Waals surface area contributed by atoms with Gasteiger partial charge in [0.25, 0.3) is 0 Å². The molecule has 2 saturated heterocycles. The predicted octanol–water partition coefficient (Wildman–Crippen LogP) is 1.45. The third kappa shape index (κ3) is 3.72. The van der Waals surface area contributed by atoms with Crippen LogP contribution in [0.5, 0.6) is 0 Å². The number of hydrogen-bond donors (Lipinski definition) is 1. The highest BCUT2D eigenvalue weighted by molar-refractivity contribution is 5.80. The minimum atomic E-state index is -0.0274. The summed E-state index contributed by atoms with van der Waals surface area (Å²) in [7, 11) is 1.64. The lowest BCUT2D eigenvalue weighted by Crippen LogP contribution is -2.54. The van der Waals surface area contributed by atoms with Gasteiger partial charge in [-0.25, -0.2) is 4.79 Å². The molecule has 1 N–H and O–H groups in total. The molecule has 0 saturated carbocycles. The molecule has 22 heavy (non-hydrogen) atoms. The Hall–Kier alpha value is -1.30. The average molecular weight is 311 g/mol. The van der Waals surface area contributed by atoms with E-state index >= 15 is 0 Å². The first-order valence-electron chi connectivity index (χ1n) is 8.43. The Morgan fingerprint density at radius 2 is 2.27 bits per heavy atom. The van der Waals surface area contributed by atoms with E-state index in [4.69, 9.17) is 4.74 Å². The van der Waals surface area contributed by atoms with Gasteiger partial charge in [-0.1, -0.05) is 26.7 Å². The Labute approximate surface area is 133 Å². The van der Waals surface area contributed by atoms with Crippen LogP contribution in [0.3, 0.4) is 0 Å². The fraction of sp³-hybridized carbons (Fsp3) is 0.875. The number of carbonyl (C=O) groups excluding carboxylic acids is 2. The lowest BCUT2D eigenvalue weighted by molar-refractivity contribution is -0.136. The van der Waals surface area contributed by atoms with E-state index in [-0.39, 0.29) is 29.9 Å². The number of nitrogens with one attached hydrogen (secondary N) is 1. The van der Waals surface area contributed by atoms with E-state index in [2.05, 4.69) is 12.2 Å². The third-order valence-corrected chi connectivity index (χ3v) is 4.81. The standard InChI is InChI=1S/C16H29N3O3/c1-4-5-6-12(2)15(20)18-8-7-14-13(11-18)17-16(21)19(14)9-10-22-3/h12-14H,4-11H2,1-3H3,(H,17,21)/t12-,13-,14+/m0/s1. The summed E-state index contributed by atoms with van der Waals surface area (Å²) < 4.78 is 5.07. The average Bonchev–Trinajstić information content (AvgIpc) is 2.84. The summed E-state index contributed by atoms with van der Waals surface area (Å²) in [5, 5.41) is 3.02. The van der Waals surface area contributed by atoms with Gasteiger partial charge < -0.3 is 19.9 Å². The molecule has 2 rings (SSSR count). The molecular formula is C16H29N3O3. The second kappa shape index (κ2) is 7.81. The van der Waals surface area contributed by atoms with Gasteiger partial charge in [-0.15, -0.1) is 0 Å². The summed E-state index contributed by atoms with van der Waals surface area (Å²) in [6, 6.07) is 0.221. The number of fused-ring (bicyclic) bond motifs is 1. The van der Waals surface area contributed by atoms with Crippen LogP contribution >= 0.6 is 0 Å². The molecule has 0 spiro atoms. The first-order valence-corrected chi connectivity index (χ1v) is 8.43. The Morgan fingerprint density at radius 1 is 1.50 bits per heavy atom. The fourth-order valence-electron chi connectivity index (χ4n) is 3.45. The highest BCUT2D eigenvalue weighted by Crippen LogP contribution is 2.24. The van der Waals surface area contributed by atoms with Gasteiger partial charge in [-0.3, -0.25) is 4.79 Å². The number of hydrogen-bond acceptors (Lipinski definition) is 3. The van der Waals surface area contributed by atoms with Crippen LogP contribution in [0.1, 0.15) is 39.5 Å². The summed E-state index contributed by atoms with van der Waals surface area (Å²) in [4.78, 5) is 28.4. The van der Waals surface area contributed by atoms with Crippen molar-refractivity contribution in [1.82, 2.24) is 15.1 Å². The van der Waals surface area contributed by atoms with Gasteiger partial charge in [0.1, 0.15) is 0 Å². The molecule has 3 atom stereocenters. The van der Waals surface area contributed by atoms with Gasteiger partial charge in [-0.2, -0.15) is 0 Å². The summed E-state index contributed by atoms with van der Waals surface area (Å²) in [5.41, 5.74) is 0. The zero-order chi connectivity index (χ0) is 16.1. The number of methoxy groups -OCH3 is 1. The Balaban J connectivity index is 1.90. The van der Waals surface area contributed by atoms with E-state index < -0.39 is 0 Å². The number of piperidine rings is 1. The molecule has 0 aromatic rings.